The third-order valence-corrected chi connectivity index (χ3v) is 4.84. The fourth-order valence-electron chi connectivity index (χ4n) is 3.24. The van der Waals surface area contributed by atoms with Gasteiger partial charge in [0.2, 0.25) is 0 Å². The molecule has 1 saturated heterocycles. The summed E-state index contributed by atoms with van der Waals surface area (Å²) >= 11 is 6.09. The number of carbonyl (C=O) groups is 1. The zero-order chi connectivity index (χ0) is 18.5. The van der Waals surface area contributed by atoms with Crippen LogP contribution in [0.4, 0.5) is 0 Å². The van der Waals surface area contributed by atoms with Gasteiger partial charge in [-0.25, -0.2) is 4.98 Å². The lowest BCUT2D eigenvalue weighted by molar-refractivity contribution is -0.144. The Morgan fingerprint density at radius 2 is 2.08 bits per heavy atom. The van der Waals surface area contributed by atoms with Crippen molar-refractivity contribution in [3.05, 3.63) is 41.4 Å². The molecule has 1 N–H and O–H groups in total. The van der Waals surface area contributed by atoms with Crippen molar-refractivity contribution >= 4 is 17.6 Å². The lowest BCUT2D eigenvalue weighted by atomic mass is 10.0. The molecule has 1 aliphatic rings. The number of hydrogen-bond donors (Lipinski definition) is 1. The van der Waals surface area contributed by atoms with Gasteiger partial charge in [-0.1, -0.05) is 11.6 Å². The van der Waals surface area contributed by atoms with Gasteiger partial charge in [0.25, 0.3) is 0 Å². The molecule has 1 aliphatic heterocycles. The van der Waals surface area contributed by atoms with E-state index in [2.05, 4.69) is 15.0 Å². The molecule has 0 radical (unpaired) electrons. The number of benzene rings is 1. The molecule has 1 unspecified atom stereocenters. The summed E-state index contributed by atoms with van der Waals surface area (Å²) in [5, 5.41) is 14.4. The number of piperazine rings is 1. The van der Waals surface area contributed by atoms with Gasteiger partial charge in [0.05, 0.1) is 13.7 Å². The summed E-state index contributed by atoms with van der Waals surface area (Å²) < 4.78 is 7.14. The Morgan fingerprint density at radius 1 is 1.31 bits per heavy atom. The van der Waals surface area contributed by atoms with Crippen LogP contribution < -0.4 is 4.74 Å². The molecule has 3 rings (SSSR count). The summed E-state index contributed by atoms with van der Waals surface area (Å²) in [6.07, 6.45) is 3.22. The number of hydrogen-bond acceptors (Lipinski definition) is 6. The van der Waals surface area contributed by atoms with Crippen molar-refractivity contribution in [2.24, 2.45) is 0 Å². The predicted octanol–water partition coefficient (Wildman–Crippen LogP) is 1.38. The minimum Gasteiger partial charge on any atom is -0.496 e. The highest BCUT2D eigenvalue weighted by Crippen LogP contribution is 2.32. The van der Waals surface area contributed by atoms with E-state index in [1.807, 2.05) is 4.90 Å². The van der Waals surface area contributed by atoms with Crippen molar-refractivity contribution in [1.29, 1.82) is 0 Å². The van der Waals surface area contributed by atoms with E-state index in [1.165, 1.54) is 13.4 Å². The molecule has 2 heterocycles. The van der Waals surface area contributed by atoms with Gasteiger partial charge in [-0.05, 0) is 18.2 Å². The van der Waals surface area contributed by atoms with Gasteiger partial charge in [-0.3, -0.25) is 19.3 Å². The molecule has 0 saturated carbocycles. The second-order valence-corrected chi connectivity index (χ2v) is 6.60. The average molecular weight is 380 g/mol. The monoisotopic (exact) mass is 379 g/mol. The number of aliphatic carboxylic acids is 1. The number of halogens is 1. The predicted molar refractivity (Wildman–Crippen MR) is 96.4 cm³/mol. The van der Waals surface area contributed by atoms with E-state index >= 15 is 0 Å². The quantitative estimate of drug-likeness (QED) is 0.778. The molecule has 1 atom stereocenters. The summed E-state index contributed by atoms with van der Waals surface area (Å²) in [7, 11) is 1.54. The first-order valence-corrected chi connectivity index (χ1v) is 8.81. The SMILES string of the molecule is COc1ccc(Cl)cc1C(C(=O)O)N1CCN(CCn2cncn2)CC1. The Kier molecular flexibility index (Phi) is 6.08. The van der Waals surface area contributed by atoms with Crippen LogP contribution in [0.2, 0.25) is 5.02 Å². The molecular weight excluding hydrogens is 358 g/mol. The third-order valence-electron chi connectivity index (χ3n) is 4.60. The van der Waals surface area contributed by atoms with E-state index in [-0.39, 0.29) is 0 Å². The van der Waals surface area contributed by atoms with Gasteiger partial charge in [0, 0.05) is 43.3 Å². The van der Waals surface area contributed by atoms with E-state index in [1.54, 1.807) is 29.2 Å². The van der Waals surface area contributed by atoms with Crippen LogP contribution in [0.5, 0.6) is 5.75 Å². The maximum absolute atomic E-state index is 12.0. The van der Waals surface area contributed by atoms with E-state index in [4.69, 9.17) is 16.3 Å². The average Bonchev–Trinajstić information content (AvgIpc) is 3.15. The fourth-order valence-corrected chi connectivity index (χ4v) is 3.42. The molecule has 140 valence electrons. The van der Waals surface area contributed by atoms with E-state index in [0.717, 1.165) is 26.2 Å². The van der Waals surface area contributed by atoms with E-state index in [0.29, 0.717) is 29.4 Å². The van der Waals surface area contributed by atoms with Gasteiger partial charge in [-0.2, -0.15) is 5.10 Å². The Balaban J connectivity index is 1.65. The van der Waals surface area contributed by atoms with Crippen LogP contribution in [0, 0.1) is 0 Å². The zero-order valence-corrected chi connectivity index (χ0v) is 15.3. The van der Waals surface area contributed by atoms with Crippen molar-refractivity contribution in [2.45, 2.75) is 12.6 Å². The molecule has 2 aromatic rings. The van der Waals surface area contributed by atoms with Crippen LogP contribution >= 0.6 is 11.6 Å². The van der Waals surface area contributed by atoms with Crippen molar-refractivity contribution in [2.75, 3.05) is 39.8 Å². The molecule has 0 aliphatic carbocycles. The highest BCUT2D eigenvalue weighted by atomic mass is 35.5. The second kappa shape index (κ2) is 8.48. The van der Waals surface area contributed by atoms with Crippen LogP contribution in [0.1, 0.15) is 11.6 Å². The van der Waals surface area contributed by atoms with Crippen molar-refractivity contribution in [3.8, 4) is 5.75 Å². The summed E-state index contributed by atoms with van der Waals surface area (Å²) in [5.41, 5.74) is 0.587. The highest BCUT2D eigenvalue weighted by Gasteiger charge is 2.32. The van der Waals surface area contributed by atoms with Crippen LogP contribution in [0.25, 0.3) is 0 Å². The summed E-state index contributed by atoms with van der Waals surface area (Å²) in [6, 6.07) is 4.31. The van der Waals surface area contributed by atoms with Crippen molar-refractivity contribution in [1.82, 2.24) is 24.6 Å². The summed E-state index contributed by atoms with van der Waals surface area (Å²) in [6.45, 7) is 4.52. The molecule has 1 aromatic carbocycles. The molecule has 0 spiro atoms. The molecule has 9 heteroatoms. The lowest BCUT2D eigenvalue weighted by Crippen LogP contribution is -2.49. The fraction of sp³-hybridized carbons (Fsp3) is 0.471. The minimum absolute atomic E-state index is 0.499. The number of ether oxygens (including phenoxy) is 1. The lowest BCUT2D eigenvalue weighted by Gasteiger charge is -2.38. The molecular formula is C17H22ClN5O3. The van der Waals surface area contributed by atoms with Crippen molar-refractivity contribution in [3.63, 3.8) is 0 Å². The molecule has 0 bridgehead atoms. The second-order valence-electron chi connectivity index (χ2n) is 6.16. The van der Waals surface area contributed by atoms with Gasteiger partial charge >= 0.3 is 5.97 Å². The Bertz CT molecular complexity index is 732. The van der Waals surface area contributed by atoms with Crippen LogP contribution in [-0.4, -0.2) is 75.5 Å². The maximum Gasteiger partial charge on any atom is 0.325 e. The number of aromatic nitrogens is 3. The summed E-state index contributed by atoms with van der Waals surface area (Å²) in [4.78, 5) is 20.2. The Labute approximate surface area is 156 Å². The number of rotatable bonds is 7. The first kappa shape index (κ1) is 18.6. The summed E-state index contributed by atoms with van der Waals surface area (Å²) in [5.74, 6) is -0.364. The number of nitrogens with zero attached hydrogens (tertiary/aromatic N) is 5. The first-order chi connectivity index (χ1) is 12.6. The number of methoxy groups -OCH3 is 1. The third kappa shape index (κ3) is 4.32. The number of carboxylic acid groups (broad SMARTS) is 1. The number of carboxylic acids is 1. The van der Waals surface area contributed by atoms with Crippen molar-refractivity contribution < 1.29 is 14.6 Å². The Hall–Kier alpha value is -2.16. The smallest absolute Gasteiger partial charge is 0.325 e. The van der Waals surface area contributed by atoms with Crippen LogP contribution in [0.15, 0.2) is 30.9 Å². The van der Waals surface area contributed by atoms with Crippen LogP contribution in [0.3, 0.4) is 0 Å². The highest BCUT2D eigenvalue weighted by molar-refractivity contribution is 6.30. The van der Waals surface area contributed by atoms with Gasteiger partial charge in [0.1, 0.15) is 24.4 Å². The Morgan fingerprint density at radius 3 is 2.69 bits per heavy atom. The topological polar surface area (TPSA) is 83.7 Å². The molecule has 1 fully saturated rings. The van der Waals surface area contributed by atoms with Gasteiger partial charge < -0.3 is 9.84 Å². The first-order valence-electron chi connectivity index (χ1n) is 8.43. The molecule has 1 aromatic heterocycles. The maximum atomic E-state index is 12.0. The largest absolute Gasteiger partial charge is 0.496 e. The van der Waals surface area contributed by atoms with Crippen LogP contribution in [-0.2, 0) is 11.3 Å². The van der Waals surface area contributed by atoms with Gasteiger partial charge in [0.15, 0.2) is 0 Å². The van der Waals surface area contributed by atoms with E-state index < -0.39 is 12.0 Å². The van der Waals surface area contributed by atoms with E-state index in [9.17, 15) is 9.90 Å². The standard InChI is InChI=1S/C17H22ClN5O3/c1-26-15-3-2-13(18)10-14(15)16(17(24)25)22-7-4-21(5-8-22)6-9-23-12-19-11-20-23/h2-3,10-12,16H,4-9H2,1H3,(H,24,25). The molecule has 0 amide bonds. The molecule has 8 nitrogen and oxygen atoms in total. The molecule has 26 heavy (non-hydrogen) atoms. The van der Waals surface area contributed by atoms with Gasteiger partial charge in [-0.15, -0.1) is 0 Å². The minimum atomic E-state index is -0.901. The zero-order valence-electron chi connectivity index (χ0n) is 14.6. The normalized spacial score (nSPS) is 17.2.